The van der Waals surface area contributed by atoms with Crippen molar-refractivity contribution in [3.05, 3.63) is 108 Å². The molecule has 0 aliphatic heterocycles. The third kappa shape index (κ3) is 4.52. The number of aliphatic imine (C=N–C) groups is 2. The maximum absolute atomic E-state index is 10.1. The number of fused-ring (bicyclic) bond motifs is 1. The Balaban J connectivity index is 1.59. The number of rotatable bonds is 6. The molecule has 0 radical (unpaired) electrons. The van der Waals surface area contributed by atoms with Crippen LogP contribution in [0, 0.1) is 0 Å². The van der Waals surface area contributed by atoms with Crippen molar-refractivity contribution in [1.29, 1.82) is 0 Å². The molecule has 166 valence electrons. The Kier molecular flexibility index (Phi) is 5.78. The average Bonchev–Trinajstić information content (AvgIpc) is 3.20. The molecule has 0 unspecified atom stereocenters. The first-order chi connectivity index (χ1) is 16.7. The Labute approximate surface area is 195 Å². The molecule has 0 fully saturated rings. The van der Waals surface area contributed by atoms with Crippen LogP contribution < -0.4 is 4.74 Å². The van der Waals surface area contributed by atoms with E-state index in [0.717, 1.165) is 0 Å². The Hall–Kier alpha value is -4.84. The summed E-state index contributed by atoms with van der Waals surface area (Å²) in [6.45, 7) is 0. The molecule has 0 saturated carbocycles. The predicted molar refractivity (Wildman–Crippen MR) is 133 cm³/mol. The van der Waals surface area contributed by atoms with Gasteiger partial charge in [-0.05, 0) is 54.6 Å². The van der Waals surface area contributed by atoms with Crippen molar-refractivity contribution < 1.29 is 19.4 Å². The second kappa shape index (κ2) is 9.34. The summed E-state index contributed by atoms with van der Waals surface area (Å²) in [4.78, 5) is 9.05. The van der Waals surface area contributed by atoms with Gasteiger partial charge in [0, 0.05) is 23.6 Å². The number of benzene rings is 4. The Morgan fingerprint density at radius 3 is 1.94 bits per heavy atom. The van der Waals surface area contributed by atoms with Crippen molar-refractivity contribution in [2.45, 2.75) is 0 Å². The number of phenols is 2. The summed E-state index contributed by atoms with van der Waals surface area (Å²) in [6.07, 6.45) is 3.08. The number of aromatic hydroxyl groups is 2. The smallest absolute Gasteiger partial charge is 0.246 e. The van der Waals surface area contributed by atoms with E-state index in [1.54, 1.807) is 48.7 Å². The van der Waals surface area contributed by atoms with Crippen molar-refractivity contribution in [1.82, 2.24) is 0 Å². The van der Waals surface area contributed by atoms with Crippen LogP contribution in [0.15, 0.2) is 111 Å². The molecule has 0 saturated heterocycles. The van der Waals surface area contributed by atoms with Gasteiger partial charge in [-0.15, -0.1) is 0 Å². The van der Waals surface area contributed by atoms with Crippen LogP contribution in [0.5, 0.6) is 23.0 Å². The third-order valence-corrected chi connectivity index (χ3v) is 5.12. The summed E-state index contributed by atoms with van der Waals surface area (Å²) in [7, 11) is 0. The molecular weight excluding hydrogens is 428 g/mol. The minimum Gasteiger partial charge on any atom is -0.507 e. The van der Waals surface area contributed by atoms with Crippen LogP contribution in [-0.2, 0) is 0 Å². The van der Waals surface area contributed by atoms with Crippen LogP contribution in [0.1, 0.15) is 11.1 Å². The molecule has 0 amide bonds. The van der Waals surface area contributed by atoms with E-state index in [9.17, 15) is 10.2 Å². The zero-order valence-electron chi connectivity index (χ0n) is 18.0. The van der Waals surface area contributed by atoms with E-state index in [1.165, 1.54) is 6.21 Å². The standard InChI is InChI=1S/C28H20N2O4/c31-24-12-6-4-8-19(24)17-29-27-23-16-22(33-21-10-2-1-3-11-21)14-15-26(23)34-28(27)30-18-20-9-5-7-13-25(20)32/h1-18,31-32H. The minimum absolute atomic E-state index is 0.111. The van der Waals surface area contributed by atoms with Gasteiger partial charge in [-0.1, -0.05) is 42.5 Å². The summed E-state index contributed by atoms with van der Waals surface area (Å²) in [5.41, 5.74) is 2.16. The molecule has 0 aliphatic rings. The van der Waals surface area contributed by atoms with E-state index >= 15 is 0 Å². The quantitative estimate of drug-likeness (QED) is 0.270. The van der Waals surface area contributed by atoms with Crippen LogP contribution in [0.2, 0.25) is 0 Å². The van der Waals surface area contributed by atoms with E-state index < -0.39 is 0 Å². The monoisotopic (exact) mass is 448 g/mol. The van der Waals surface area contributed by atoms with Crippen LogP contribution in [0.4, 0.5) is 11.6 Å². The average molecular weight is 448 g/mol. The van der Waals surface area contributed by atoms with E-state index in [4.69, 9.17) is 9.15 Å². The van der Waals surface area contributed by atoms with E-state index in [0.29, 0.717) is 39.3 Å². The molecule has 5 aromatic rings. The van der Waals surface area contributed by atoms with Gasteiger partial charge in [-0.2, -0.15) is 0 Å². The van der Waals surface area contributed by atoms with Gasteiger partial charge in [-0.3, -0.25) is 0 Å². The molecule has 0 spiro atoms. The first-order valence-corrected chi connectivity index (χ1v) is 10.6. The van der Waals surface area contributed by atoms with Crippen molar-refractivity contribution in [2.24, 2.45) is 9.98 Å². The predicted octanol–water partition coefficient (Wildman–Crippen LogP) is 7.14. The van der Waals surface area contributed by atoms with Crippen molar-refractivity contribution >= 4 is 35.0 Å². The second-order valence-corrected chi connectivity index (χ2v) is 7.46. The Morgan fingerprint density at radius 1 is 0.647 bits per heavy atom. The molecular formula is C28H20N2O4. The van der Waals surface area contributed by atoms with Crippen molar-refractivity contribution in [3.8, 4) is 23.0 Å². The van der Waals surface area contributed by atoms with Crippen molar-refractivity contribution in [3.63, 3.8) is 0 Å². The van der Waals surface area contributed by atoms with Gasteiger partial charge in [0.2, 0.25) is 5.88 Å². The van der Waals surface area contributed by atoms with Gasteiger partial charge in [0.05, 0.1) is 5.39 Å². The largest absolute Gasteiger partial charge is 0.507 e. The highest BCUT2D eigenvalue weighted by atomic mass is 16.5. The lowest BCUT2D eigenvalue weighted by molar-refractivity contribution is 0.474. The SMILES string of the molecule is Oc1ccccc1C=Nc1oc2ccc(Oc3ccccc3)cc2c1N=Cc1ccccc1O. The van der Waals surface area contributed by atoms with Crippen LogP contribution >= 0.6 is 0 Å². The van der Waals surface area contributed by atoms with Gasteiger partial charge >= 0.3 is 0 Å². The van der Waals surface area contributed by atoms with Gasteiger partial charge in [0.15, 0.2) is 0 Å². The van der Waals surface area contributed by atoms with E-state index in [-0.39, 0.29) is 17.4 Å². The number of hydrogen-bond donors (Lipinski definition) is 2. The molecule has 6 heteroatoms. The Bertz CT molecular complexity index is 1500. The highest BCUT2D eigenvalue weighted by Gasteiger charge is 2.15. The molecule has 5 rings (SSSR count). The molecule has 0 aliphatic carbocycles. The molecule has 0 bridgehead atoms. The number of para-hydroxylation sites is 3. The topological polar surface area (TPSA) is 87.6 Å². The normalized spacial score (nSPS) is 11.5. The first-order valence-electron chi connectivity index (χ1n) is 10.6. The zero-order valence-corrected chi connectivity index (χ0v) is 18.0. The highest BCUT2D eigenvalue weighted by Crippen LogP contribution is 2.41. The van der Waals surface area contributed by atoms with Gasteiger partial charge in [0.1, 0.15) is 34.3 Å². The molecule has 2 N–H and O–H groups in total. The van der Waals surface area contributed by atoms with Crippen molar-refractivity contribution in [2.75, 3.05) is 0 Å². The lowest BCUT2D eigenvalue weighted by Crippen LogP contribution is -1.83. The number of ether oxygens (including phenoxy) is 1. The van der Waals surface area contributed by atoms with Gasteiger partial charge in [0.25, 0.3) is 0 Å². The van der Waals surface area contributed by atoms with Crippen LogP contribution in [0.3, 0.4) is 0 Å². The summed E-state index contributed by atoms with van der Waals surface area (Å²) in [5.74, 6) is 1.82. The Morgan fingerprint density at radius 2 is 1.26 bits per heavy atom. The summed E-state index contributed by atoms with van der Waals surface area (Å²) < 4.78 is 11.9. The summed E-state index contributed by atoms with van der Waals surface area (Å²) in [5, 5.41) is 20.9. The highest BCUT2D eigenvalue weighted by molar-refractivity contribution is 6.00. The van der Waals surface area contributed by atoms with E-state index in [1.807, 2.05) is 54.6 Å². The van der Waals surface area contributed by atoms with Crippen LogP contribution in [-0.4, -0.2) is 22.6 Å². The number of phenolic OH excluding ortho intramolecular Hbond substituents is 2. The van der Waals surface area contributed by atoms with E-state index in [2.05, 4.69) is 9.98 Å². The maximum Gasteiger partial charge on any atom is 0.246 e. The molecule has 6 nitrogen and oxygen atoms in total. The fourth-order valence-electron chi connectivity index (χ4n) is 3.41. The lowest BCUT2D eigenvalue weighted by Gasteiger charge is -2.05. The molecule has 1 aromatic heterocycles. The second-order valence-electron chi connectivity index (χ2n) is 7.46. The first kappa shape index (κ1) is 21.0. The number of furan rings is 1. The summed E-state index contributed by atoms with van der Waals surface area (Å²) >= 11 is 0. The molecule has 1 heterocycles. The zero-order chi connectivity index (χ0) is 23.3. The van der Waals surface area contributed by atoms with Gasteiger partial charge in [-0.25, -0.2) is 9.98 Å². The number of nitrogens with zero attached hydrogens (tertiary/aromatic N) is 2. The minimum atomic E-state index is 0.111. The molecule has 34 heavy (non-hydrogen) atoms. The fourth-order valence-corrected chi connectivity index (χ4v) is 3.41. The number of hydrogen-bond acceptors (Lipinski definition) is 6. The summed E-state index contributed by atoms with van der Waals surface area (Å²) in [6, 6.07) is 28.7. The van der Waals surface area contributed by atoms with Gasteiger partial charge < -0.3 is 19.4 Å². The third-order valence-electron chi connectivity index (χ3n) is 5.12. The van der Waals surface area contributed by atoms with Crippen LogP contribution in [0.25, 0.3) is 11.0 Å². The maximum atomic E-state index is 10.1. The fraction of sp³-hybridized carbons (Fsp3) is 0. The molecule has 4 aromatic carbocycles. The lowest BCUT2D eigenvalue weighted by atomic mass is 10.2. The molecule has 0 atom stereocenters.